The summed E-state index contributed by atoms with van der Waals surface area (Å²) < 4.78 is 0. The second-order valence-electron chi connectivity index (χ2n) is 2.71. The minimum absolute atomic E-state index is 0.0943. The molecule has 0 saturated carbocycles. The van der Waals surface area contributed by atoms with Crippen molar-refractivity contribution in [2.45, 2.75) is 25.9 Å². The molecule has 1 rings (SSSR count). The molecule has 0 saturated heterocycles. The van der Waals surface area contributed by atoms with E-state index in [0.717, 1.165) is 12.8 Å². The van der Waals surface area contributed by atoms with Crippen LogP contribution in [0.4, 0.5) is 0 Å². The maximum Gasteiger partial charge on any atom is 0.135 e. The molecule has 0 unspecified atom stereocenters. The van der Waals surface area contributed by atoms with Gasteiger partial charge in [-0.05, 0) is 19.8 Å². The van der Waals surface area contributed by atoms with Crippen LogP contribution in [0.1, 0.15) is 19.8 Å². The molecule has 2 heteroatoms. The highest BCUT2D eigenvalue weighted by Gasteiger charge is 2.22. The fraction of sp³-hybridized carbons (Fsp3) is 0.625. The summed E-state index contributed by atoms with van der Waals surface area (Å²) in [5.41, 5.74) is 0. The molecule has 2 nitrogen and oxygen atoms in total. The van der Waals surface area contributed by atoms with Crippen LogP contribution in [-0.2, 0) is 4.79 Å². The third-order valence-electron chi connectivity index (χ3n) is 1.91. The molecule has 0 spiro atoms. The second-order valence-corrected chi connectivity index (χ2v) is 2.71. The largest absolute Gasteiger partial charge is 0.388 e. The van der Waals surface area contributed by atoms with E-state index < -0.39 is 6.10 Å². The minimum atomic E-state index is -0.536. The van der Waals surface area contributed by atoms with E-state index in [1.54, 1.807) is 6.08 Å². The average molecular weight is 140 g/mol. The Morgan fingerprint density at radius 2 is 2.40 bits per heavy atom. The van der Waals surface area contributed by atoms with E-state index in [1.165, 1.54) is 6.92 Å². The van der Waals surface area contributed by atoms with Gasteiger partial charge in [-0.1, -0.05) is 12.2 Å². The summed E-state index contributed by atoms with van der Waals surface area (Å²) in [5, 5.41) is 9.23. The number of hydrogen-bond acceptors (Lipinski definition) is 2. The fourth-order valence-corrected chi connectivity index (χ4v) is 1.26. The van der Waals surface area contributed by atoms with Crippen LogP contribution in [-0.4, -0.2) is 17.0 Å². The van der Waals surface area contributed by atoms with Crippen molar-refractivity contribution in [3.63, 3.8) is 0 Å². The van der Waals surface area contributed by atoms with Gasteiger partial charge in [0, 0.05) is 5.92 Å². The molecule has 0 aromatic rings. The molecular weight excluding hydrogens is 128 g/mol. The number of aliphatic hydroxyl groups excluding tert-OH is 1. The molecule has 1 N–H and O–H groups in total. The zero-order valence-electron chi connectivity index (χ0n) is 6.08. The molecule has 0 heterocycles. The van der Waals surface area contributed by atoms with Gasteiger partial charge in [0.15, 0.2) is 0 Å². The summed E-state index contributed by atoms with van der Waals surface area (Å²) in [5.74, 6) is -0.0538. The molecule has 0 aromatic heterocycles. The van der Waals surface area contributed by atoms with Gasteiger partial charge in [-0.2, -0.15) is 0 Å². The lowest BCUT2D eigenvalue weighted by atomic mass is 9.89. The van der Waals surface area contributed by atoms with Gasteiger partial charge in [0.1, 0.15) is 5.78 Å². The fourth-order valence-electron chi connectivity index (χ4n) is 1.26. The van der Waals surface area contributed by atoms with E-state index in [0.29, 0.717) is 0 Å². The molecular formula is C8H12O2. The molecule has 0 radical (unpaired) electrons. The lowest BCUT2D eigenvalue weighted by molar-refractivity contribution is -0.123. The first-order valence-corrected chi connectivity index (χ1v) is 3.57. The number of carbonyl (C=O) groups excluding carboxylic acids is 1. The Kier molecular flexibility index (Phi) is 2.22. The molecule has 1 aliphatic rings. The molecule has 0 aliphatic heterocycles. The highest BCUT2D eigenvalue weighted by atomic mass is 16.3. The van der Waals surface area contributed by atoms with E-state index in [4.69, 9.17) is 0 Å². The van der Waals surface area contributed by atoms with E-state index in [1.807, 2.05) is 6.08 Å². The third kappa shape index (κ3) is 1.45. The molecule has 0 fully saturated rings. The topological polar surface area (TPSA) is 37.3 Å². The predicted octanol–water partition coefficient (Wildman–Crippen LogP) is 0.902. The molecule has 0 amide bonds. The van der Waals surface area contributed by atoms with Gasteiger partial charge < -0.3 is 5.11 Å². The second kappa shape index (κ2) is 2.97. The van der Waals surface area contributed by atoms with Crippen molar-refractivity contribution >= 4 is 5.78 Å². The Bertz CT molecular complexity index is 161. The van der Waals surface area contributed by atoms with E-state index >= 15 is 0 Å². The molecule has 0 bridgehead atoms. The lowest BCUT2D eigenvalue weighted by Gasteiger charge is -2.20. The van der Waals surface area contributed by atoms with Crippen LogP contribution in [0.25, 0.3) is 0 Å². The molecule has 56 valence electrons. The summed E-state index contributed by atoms with van der Waals surface area (Å²) in [6, 6.07) is 0. The van der Waals surface area contributed by atoms with Crippen molar-refractivity contribution in [1.29, 1.82) is 0 Å². The average Bonchev–Trinajstić information content (AvgIpc) is 1.88. The summed E-state index contributed by atoms with van der Waals surface area (Å²) in [7, 11) is 0. The molecule has 1 aliphatic carbocycles. The number of ketones is 1. The van der Waals surface area contributed by atoms with Crippen molar-refractivity contribution in [2.75, 3.05) is 0 Å². The van der Waals surface area contributed by atoms with Crippen molar-refractivity contribution in [1.82, 2.24) is 0 Å². The third-order valence-corrected chi connectivity index (χ3v) is 1.91. The van der Waals surface area contributed by atoms with E-state index in [2.05, 4.69) is 0 Å². The van der Waals surface area contributed by atoms with Gasteiger partial charge >= 0.3 is 0 Å². The van der Waals surface area contributed by atoms with Crippen molar-refractivity contribution in [3.05, 3.63) is 12.2 Å². The van der Waals surface area contributed by atoms with Gasteiger partial charge in [-0.25, -0.2) is 0 Å². The van der Waals surface area contributed by atoms with Crippen LogP contribution in [0, 0.1) is 5.92 Å². The summed E-state index contributed by atoms with van der Waals surface area (Å²) in [6.45, 7) is 1.53. The van der Waals surface area contributed by atoms with Gasteiger partial charge in [-0.3, -0.25) is 4.79 Å². The van der Waals surface area contributed by atoms with Crippen LogP contribution in [0.2, 0.25) is 0 Å². The van der Waals surface area contributed by atoms with Crippen LogP contribution >= 0.6 is 0 Å². The number of hydrogen-bond donors (Lipinski definition) is 1. The summed E-state index contributed by atoms with van der Waals surface area (Å²) in [4.78, 5) is 10.8. The lowest BCUT2D eigenvalue weighted by Crippen LogP contribution is -2.26. The van der Waals surface area contributed by atoms with Crippen LogP contribution in [0.5, 0.6) is 0 Å². The number of carbonyl (C=O) groups is 1. The Balaban J connectivity index is 2.60. The monoisotopic (exact) mass is 140 g/mol. The Labute approximate surface area is 60.6 Å². The van der Waals surface area contributed by atoms with Crippen molar-refractivity contribution < 1.29 is 9.90 Å². The summed E-state index contributed by atoms with van der Waals surface area (Å²) >= 11 is 0. The maximum atomic E-state index is 10.8. The number of Topliss-reactive ketones (excluding diaryl/α,β-unsaturated/α-hetero) is 1. The highest BCUT2D eigenvalue weighted by molar-refractivity contribution is 5.79. The molecule has 10 heavy (non-hydrogen) atoms. The Morgan fingerprint density at radius 3 is 2.80 bits per heavy atom. The quantitative estimate of drug-likeness (QED) is 0.549. The smallest absolute Gasteiger partial charge is 0.135 e. The van der Waals surface area contributed by atoms with Crippen LogP contribution < -0.4 is 0 Å². The van der Waals surface area contributed by atoms with Gasteiger partial charge in [0.25, 0.3) is 0 Å². The minimum Gasteiger partial charge on any atom is -0.388 e. The normalized spacial score (nSPS) is 32.2. The van der Waals surface area contributed by atoms with Gasteiger partial charge in [0.2, 0.25) is 0 Å². The first-order chi connectivity index (χ1) is 4.72. The zero-order valence-corrected chi connectivity index (χ0v) is 6.08. The first kappa shape index (κ1) is 7.48. The molecule has 2 atom stereocenters. The van der Waals surface area contributed by atoms with Crippen LogP contribution in [0.3, 0.4) is 0 Å². The summed E-state index contributed by atoms with van der Waals surface area (Å²) in [6.07, 6.45) is 4.81. The zero-order chi connectivity index (χ0) is 7.56. The van der Waals surface area contributed by atoms with Gasteiger partial charge in [0.05, 0.1) is 6.10 Å². The number of aliphatic hydroxyl groups is 1. The van der Waals surface area contributed by atoms with Crippen LogP contribution in [0.15, 0.2) is 12.2 Å². The van der Waals surface area contributed by atoms with Gasteiger partial charge in [-0.15, -0.1) is 0 Å². The van der Waals surface area contributed by atoms with E-state index in [-0.39, 0.29) is 11.7 Å². The Hall–Kier alpha value is -0.630. The first-order valence-electron chi connectivity index (χ1n) is 3.57. The van der Waals surface area contributed by atoms with E-state index in [9.17, 15) is 9.90 Å². The highest BCUT2D eigenvalue weighted by Crippen LogP contribution is 2.19. The number of rotatable bonds is 1. The maximum absolute atomic E-state index is 10.8. The SMILES string of the molecule is CC(=O)[C@@H]1CCC=C[C@@H]1O. The predicted molar refractivity (Wildman–Crippen MR) is 38.6 cm³/mol. The Morgan fingerprint density at radius 1 is 1.70 bits per heavy atom. The van der Waals surface area contributed by atoms with Crippen molar-refractivity contribution in [2.24, 2.45) is 5.92 Å². The standard InChI is InChI=1S/C8H12O2/c1-6(9)7-4-2-3-5-8(7)10/h3,5,7-8,10H,2,4H2,1H3/t7-,8-/m0/s1. The molecule has 0 aromatic carbocycles. The van der Waals surface area contributed by atoms with Crippen molar-refractivity contribution in [3.8, 4) is 0 Å². The number of allylic oxidation sites excluding steroid dienone is 1.